The first-order valence-corrected chi connectivity index (χ1v) is 7.57. The Hall–Kier alpha value is -1.59. The molecule has 2 N–H and O–H groups in total. The summed E-state index contributed by atoms with van der Waals surface area (Å²) < 4.78 is 5.47. The minimum atomic E-state index is -0.512. The Bertz CT molecular complexity index is 476. The molecule has 0 fully saturated rings. The van der Waals surface area contributed by atoms with Crippen molar-refractivity contribution in [1.29, 1.82) is 0 Å². The number of hydrogen-bond acceptors (Lipinski definition) is 5. The molecule has 0 bridgehead atoms. The van der Waals surface area contributed by atoms with E-state index >= 15 is 0 Å². The van der Waals surface area contributed by atoms with Crippen LogP contribution in [0.2, 0.25) is 0 Å². The molecule has 1 aliphatic heterocycles. The molecular weight excluding hydrogens is 268 g/mol. The summed E-state index contributed by atoms with van der Waals surface area (Å²) in [5.41, 5.74) is 2.64. The maximum atomic E-state index is 10.1. The van der Waals surface area contributed by atoms with Crippen LogP contribution in [0.25, 0.3) is 0 Å². The Labute approximate surface area is 125 Å². The van der Waals surface area contributed by atoms with Gasteiger partial charge in [-0.25, -0.2) is 0 Å². The lowest BCUT2D eigenvalue weighted by Gasteiger charge is -2.33. The molecule has 116 valence electrons. The second kappa shape index (κ2) is 8.00. The maximum Gasteiger partial charge on any atom is 0.0947 e. The molecule has 1 heterocycles. The summed E-state index contributed by atoms with van der Waals surface area (Å²) in [5.74, 6) is 0. The summed E-state index contributed by atoms with van der Waals surface area (Å²) in [6.45, 7) is 4.44. The van der Waals surface area contributed by atoms with E-state index < -0.39 is 6.10 Å². The predicted octanol–water partition coefficient (Wildman–Crippen LogP) is 2.25. The van der Waals surface area contributed by atoms with Crippen molar-refractivity contribution in [2.45, 2.75) is 32.3 Å². The summed E-state index contributed by atoms with van der Waals surface area (Å²) in [4.78, 5) is 2.12. The summed E-state index contributed by atoms with van der Waals surface area (Å²) in [6.07, 6.45) is 2.29. The summed E-state index contributed by atoms with van der Waals surface area (Å²) >= 11 is 0. The minimum absolute atomic E-state index is 0.361. The van der Waals surface area contributed by atoms with E-state index in [1.165, 1.54) is 0 Å². The molecule has 21 heavy (non-hydrogen) atoms. The normalized spacial score (nSPS) is 17.8. The molecule has 5 nitrogen and oxygen atoms in total. The van der Waals surface area contributed by atoms with E-state index in [4.69, 9.17) is 9.94 Å². The minimum Gasteiger partial charge on any atom is -0.411 e. The molecule has 0 saturated carbocycles. The molecule has 1 aliphatic rings. The zero-order valence-electron chi connectivity index (χ0n) is 12.5. The van der Waals surface area contributed by atoms with Gasteiger partial charge in [-0.15, -0.1) is 0 Å². The van der Waals surface area contributed by atoms with E-state index in [-0.39, 0.29) is 0 Å². The number of aliphatic hydroxyl groups excluding tert-OH is 1. The molecule has 5 heteroatoms. The van der Waals surface area contributed by atoms with Gasteiger partial charge in [0.25, 0.3) is 0 Å². The Kier molecular flexibility index (Phi) is 6.02. The highest BCUT2D eigenvalue weighted by Gasteiger charge is 2.23. The van der Waals surface area contributed by atoms with Gasteiger partial charge in [0.05, 0.1) is 18.4 Å². The van der Waals surface area contributed by atoms with Crippen LogP contribution >= 0.6 is 0 Å². The summed E-state index contributed by atoms with van der Waals surface area (Å²) in [6, 6.07) is 7.82. The van der Waals surface area contributed by atoms with E-state index in [9.17, 15) is 5.11 Å². The van der Waals surface area contributed by atoms with E-state index in [2.05, 4.69) is 17.0 Å². The number of anilines is 1. The number of β-amino-alcohol motifs (C(OH)–C–C–N with tert-alkyl or cyclic N) is 1. The zero-order valence-corrected chi connectivity index (χ0v) is 12.5. The van der Waals surface area contributed by atoms with Crippen molar-refractivity contribution in [1.82, 2.24) is 0 Å². The third-order valence-electron chi connectivity index (χ3n) is 3.68. The number of nitrogens with zero attached hydrogens (tertiary/aromatic N) is 2. The fraction of sp³-hybridized carbons (Fsp3) is 0.562. The molecule has 0 saturated heterocycles. The smallest absolute Gasteiger partial charge is 0.0947 e. The molecule has 1 aromatic rings. The average molecular weight is 292 g/mol. The molecule has 0 aromatic heterocycles. The highest BCUT2D eigenvalue weighted by Crippen LogP contribution is 2.27. The number of ether oxygens (including phenoxy) is 1. The molecule has 1 atom stereocenters. The lowest BCUT2D eigenvalue weighted by atomic mass is 9.99. The maximum absolute atomic E-state index is 10.1. The van der Waals surface area contributed by atoms with E-state index in [1.807, 2.05) is 24.3 Å². The van der Waals surface area contributed by atoms with Gasteiger partial charge in [0.2, 0.25) is 0 Å². The van der Waals surface area contributed by atoms with Crippen molar-refractivity contribution in [2.24, 2.45) is 5.16 Å². The lowest BCUT2D eigenvalue weighted by Crippen LogP contribution is -2.39. The molecule has 0 amide bonds. The third-order valence-corrected chi connectivity index (χ3v) is 3.68. The number of aliphatic hydroxyl groups is 1. The van der Waals surface area contributed by atoms with Gasteiger partial charge in [0.1, 0.15) is 0 Å². The van der Waals surface area contributed by atoms with Crippen LogP contribution in [0.3, 0.4) is 0 Å². The SMILES string of the molecule is CCCCOCC(O)CN1CC/C(=N/O)c2ccccc21. The number of para-hydroxylation sites is 1. The highest BCUT2D eigenvalue weighted by atomic mass is 16.5. The molecule has 1 unspecified atom stereocenters. The van der Waals surface area contributed by atoms with Crippen molar-refractivity contribution in [3.63, 3.8) is 0 Å². The number of benzene rings is 1. The summed E-state index contributed by atoms with van der Waals surface area (Å²) in [7, 11) is 0. The number of hydrogen-bond donors (Lipinski definition) is 2. The number of unbranched alkanes of at least 4 members (excludes halogenated alkanes) is 1. The largest absolute Gasteiger partial charge is 0.411 e. The van der Waals surface area contributed by atoms with Gasteiger partial charge >= 0.3 is 0 Å². The zero-order chi connectivity index (χ0) is 15.1. The van der Waals surface area contributed by atoms with Crippen molar-refractivity contribution >= 4 is 11.4 Å². The van der Waals surface area contributed by atoms with Gasteiger partial charge in [-0.2, -0.15) is 0 Å². The van der Waals surface area contributed by atoms with Gasteiger partial charge in [-0.1, -0.05) is 36.7 Å². The number of fused-ring (bicyclic) bond motifs is 1. The molecule has 0 radical (unpaired) electrons. The Morgan fingerprint density at radius 1 is 1.38 bits per heavy atom. The average Bonchev–Trinajstić information content (AvgIpc) is 2.52. The van der Waals surface area contributed by atoms with Gasteiger partial charge < -0.3 is 20.0 Å². The van der Waals surface area contributed by atoms with E-state index in [1.54, 1.807) is 0 Å². The van der Waals surface area contributed by atoms with Crippen LogP contribution in [0.5, 0.6) is 0 Å². The molecule has 1 aromatic carbocycles. The van der Waals surface area contributed by atoms with Crippen LogP contribution in [0.4, 0.5) is 5.69 Å². The van der Waals surface area contributed by atoms with Gasteiger partial charge in [-0.05, 0) is 12.5 Å². The number of rotatable bonds is 7. The predicted molar refractivity (Wildman–Crippen MR) is 83.3 cm³/mol. The molecule has 0 aliphatic carbocycles. The van der Waals surface area contributed by atoms with Gasteiger partial charge in [-0.3, -0.25) is 0 Å². The van der Waals surface area contributed by atoms with Crippen LogP contribution in [0.15, 0.2) is 29.4 Å². The van der Waals surface area contributed by atoms with Gasteiger partial charge in [0, 0.05) is 37.4 Å². The Morgan fingerprint density at radius 2 is 2.19 bits per heavy atom. The first-order chi connectivity index (χ1) is 10.3. The highest BCUT2D eigenvalue weighted by molar-refractivity contribution is 6.06. The monoisotopic (exact) mass is 292 g/mol. The fourth-order valence-electron chi connectivity index (χ4n) is 2.56. The first-order valence-electron chi connectivity index (χ1n) is 7.57. The molecule has 0 spiro atoms. The van der Waals surface area contributed by atoms with E-state index in [0.717, 1.165) is 30.6 Å². The van der Waals surface area contributed by atoms with Crippen LogP contribution in [-0.4, -0.2) is 48.4 Å². The Morgan fingerprint density at radius 3 is 2.95 bits per heavy atom. The molecule has 2 rings (SSSR count). The van der Waals surface area contributed by atoms with Crippen molar-refractivity contribution in [2.75, 3.05) is 31.2 Å². The first kappa shape index (κ1) is 15.8. The van der Waals surface area contributed by atoms with Crippen molar-refractivity contribution in [3.8, 4) is 0 Å². The van der Waals surface area contributed by atoms with E-state index in [0.29, 0.717) is 31.9 Å². The Balaban J connectivity index is 1.95. The van der Waals surface area contributed by atoms with Crippen LogP contribution in [0.1, 0.15) is 31.7 Å². The second-order valence-electron chi connectivity index (χ2n) is 5.34. The van der Waals surface area contributed by atoms with Crippen molar-refractivity contribution < 1.29 is 15.1 Å². The van der Waals surface area contributed by atoms with Gasteiger partial charge in [0.15, 0.2) is 0 Å². The molecular formula is C16H24N2O3. The topological polar surface area (TPSA) is 65.3 Å². The summed E-state index contributed by atoms with van der Waals surface area (Å²) in [5, 5.41) is 22.6. The van der Waals surface area contributed by atoms with Crippen molar-refractivity contribution in [3.05, 3.63) is 29.8 Å². The van der Waals surface area contributed by atoms with Crippen LogP contribution < -0.4 is 4.90 Å². The van der Waals surface area contributed by atoms with Crippen LogP contribution in [0, 0.1) is 0 Å². The van der Waals surface area contributed by atoms with Crippen LogP contribution in [-0.2, 0) is 4.74 Å². The number of oxime groups is 1. The standard InChI is InChI=1S/C16H24N2O3/c1-2-3-10-21-12-13(19)11-18-9-8-15(17-20)14-6-4-5-7-16(14)18/h4-7,13,19-20H,2-3,8-12H2,1H3/b17-15-. The second-order valence-corrected chi connectivity index (χ2v) is 5.34. The third kappa shape index (κ3) is 4.19. The quantitative estimate of drug-likeness (QED) is 0.459. The lowest BCUT2D eigenvalue weighted by molar-refractivity contribution is 0.0392. The fourth-order valence-corrected chi connectivity index (χ4v) is 2.56.